The standard InChI is InChI=1S/C14H30O6/c1-10(2)20-12(9-16-4)14(19-7)13(18-6)11(17-5)8-15-3/h10-14H,8-9H2,1-7H3/t11?,12-,13+,14+/m0/s1. The van der Waals surface area contributed by atoms with E-state index in [9.17, 15) is 0 Å². The minimum Gasteiger partial charge on any atom is -0.382 e. The molecule has 0 saturated heterocycles. The lowest BCUT2D eigenvalue weighted by atomic mass is 10.0. The molecule has 20 heavy (non-hydrogen) atoms. The Morgan fingerprint density at radius 1 is 0.650 bits per heavy atom. The maximum Gasteiger partial charge on any atom is 0.114 e. The van der Waals surface area contributed by atoms with E-state index in [1.165, 1.54) is 0 Å². The summed E-state index contributed by atoms with van der Waals surface area (Å²) in [6.07, 6.45) is -1.06. The van der Waals surface area contributed by atoms with Crippen LogP contribution >= 0.6 is 0 Å². The highest BCUT2D eigenvalue weighted by Crippen LogP contribution is 2.18. The van der Waals surface area contributed by atoms with Gasteiger partial charge in [-0.3, -0.25) is 0 Å². The summed E-state index contributed by atoms with van der Waals surface area (Å²) in [4.78, 5) is 0. The molecule has 0 N–H and O–H groups in total. The van der Waals surface area contributed by atoms with Gasteiger partial charge in [-0.05, 0) is 13.8 Å². The van der Waals surface area contributed by atoms with Crippen molar-refractivity contribution in [3.05, 3.63) is 0 Å². The molecule has 0 heterocycles. The molecule has 0 aromatic heterocycles. The molecule has 0 bridgehead atoms. The quantitative estimate of drug-likeness (QED) is 0.537. The maximum absolute atomic E-state index is 5.87. The second kappa shape index (κ2) is 11.4. The molecule has 0 amide bonds. The van der Waals surface area contributed by atoms with Gasteiger partial charge in [0, 0.05) is 35.5 Å². The van der Waals surface area contributed by atoms with Crippen LogP contribution in [0.2, 0.25) is 0 Å². The molecule has 0 spiro atoms. The van der Waals surface area contributed by atoms with E-state index < -0.39 is 0 Å². The number of rotatable bonds is 12. The highest BCUT2D eigenvalue weighted by atomic mass is 16.6. The molecule has 6 nitrogen and oxygen atoms in total. The van der Waals surface area contributed by atoms with Crippen molar-refractivity contribution in [2.45, 2.75) is 44.4 Å². The maximum atomic E-state index is 5.87. The van der Waals surface area contributed by atoms with Gasteiger partial charge in [0.05, 0.1) is 19.3 Å². The zero-order chi connectivity index (χ0) is 15.5. The van der Waals surface area contributed by atoms with Gasteiger partial charge in [0.15, 0.2) is 0 Å². The number of ether oxygens (including phenoxy) is 6. The van der Waals surface area contributed by atoms with Crippen molar-refractivity contribution in [2.24, 2.45) is 0 Å². The first-order valence-electron chi connectivity index (χ1n) is 6.77. The zero-order valence-corrected chi connectivity index (χ0v) is 13.8. The van der Waals surface area contributed by atoms with Gasteiger partial charge in [-0.2, -0.15) is 0 Å². The Bertz CT molecular complexity index is 224. The summed E-state index contributed by atoms with van der Waals surface area (Å²) in [5, 5.41) is 0. The molecular weight excluding hydrogens is 264 g/mol. The van der Waals surface area contributed by atoms with Gasteiger partial charge in [0.1, 0.15) is 24.4 Å². The van der Waals surface area contributed by atoms with E-state index in [4.69, 9.17) is 28.4 Å². The first-order valence-corrected chi connectivity index (χ1v) is 6.77. The van der Waals surface area contributed by atoms with Crippen LogP contribution in [0, 0.1) is 0 Å². The molecule has 0 aliphatic rings. The van der Waals surface area contributed by atoms with Crippen LogP contribution in [0.3, 0.4) is 0 Å². The molecule has 0 aromatic carbocycles. The first kappa shape index (κ1) is 19.8. The molecule has 0 aromatic rings. The summed E-state index contributed by atoms with van der Waals surface area (Å²) in [6, 6.07) is 0. The Balaban J connectivity index is 5.00. The number of methoxy groups -OCH3 is 5. The van der Waals surface area contributed by atoms with Crippen LogP contribution in [-0.4, -0.2) is 79.3 Å². The fourth-order valence-corrected chi connectivity index (χ4v) is 2.18. The van der Waals surface area contributed by atoms with Gasteiger partial charge in [0.25, 0.3) is 0 Å². The molecule has 0 fully saturated rings. The molecule has 0 aliphatic carbocycles. The zero-order valence-electron chi connectivity index (χ0n) is 13.8. The highest BCUT2D eigenvalue weighted by Gasteiger charge is 2.36. The summed E-state index contributed by atoms with van der Waals surface area (Å²) in [7, 11) is 8.13. The minimum absolute atomic E-state index is 0.0636. The Labute approximate surface area is 122 Å². The minimum atomic E-state index is -0.317. The summed E-state index contributed by atoms with van der Waals surface area (Å²) in [6.45, 7) is 4.77. The van der Waals surface area contributed by atoms with Crippen molar-refractivity contribution in [2.75, 3.05) is 48.8 Å². The average molecular weight is 294 g/mol. The van der Waals surface area contributed by atoms with Crippen LogP contribution in [0.15, 0.2) is 0 Å². The molecular formula is C14H30O6. The molecule has 1 unspecified atom stereocenters. The van der Waals surface area contributed by atoms with E-state index >= 15 is 0 Å². The lowest BCUT2D eigenvalue weighted by molar-refractivity contribution is -0.180. The van der Waals surface area contributed by atoms with Gasteiger partial charge in [-0.25, -0.2) is 0 Å². The second-order valence-electron chi connectivity index (χ2n) is 4.81. The molecule has 0 saturated carbocycles. The first-order chi connectivity index (χ1) is 9.55. The number of hydrogen-bond donors (Lipinski definition) is 0. The third-order valence-electron chi connectivity index (χ3n) is 3.01. The van der Waals surface area contributed by atoms with Crippen LogP contribution in [-0.2, 0) is 28.4 Å². The summed E-state index contributed by atoms with van der Waals surface area (Å²) in [5.74, 6) is 0. The highest BCUT2D eigenvalue weighted by molar-refractivity contribution is 4.85. The summed E-state index contributed by atoms with van der Waals surface area (Å²) < 4.78 is 32.8. The monoisotopic (exact) mass is 294 g/mol. The van der Waals surface area contributed by atoms with Crippen molar-refractivity contribution in [3.63, 3.8) is 0 Å². The van der Waals surface area contributed by atoms with E-state index in [1.54, 1.807) is 35.5 Å². The van der Waals surface area contributed by atoms with E-state index in [0.717, 1.165) is 0 Å². The van der Waals surface area contributed by atoms with E-state index in [2.05, 4.69) is 0 Å². The predicted octanol–water partition coefficient (Wildman–Crippen LogP) is 1.12. The SMILES string of the molecule is COCC(OC)[C@@H](OC)[C@H](OC)[C@H](COC)OC(C)C. The van der Waals surface area contributed by atoms with Crippen LogP contribution in [0.25, 0.3) is 0 Å². The Morgan fingerprint density at radius 3 is 1.45 bits per heavy atom. The normalized spacial score (nSPS) is 18.0. The fraction of sp³-hybridized carbons (Fsp3) is 1.00. The van der Waals surface area contributed by atoms with Crippen molar-refractivity contribution >= 4 is 0 Å². The molecule has 6 heteroatoms. The third-order valence-corrected chi connectivity index (χ3v) is 3.01. The van der Waals surface area contributed by atoms with Gasteiger partial charge in [-0.15, -0.1) is 0 Å². The summed E-state index contributed by atoms with van der Waals surface area (Å²) >= 11 is 0. The van der Waals surface area contributed by atoms with Gasteiger partial charge >= 0.3 is 0 Å². The van der Waals surface area contributed by atoms with Crippen molar-refractivity contribution < 1.29 is 28.4 Å². The van der Waals surface area contributed by atoms with Crippen molar-refractivity contribution in [1.29, 1.82) is 0 Å². The Morgan fingerprint density at radius 2 is 1.10 bits per heavy atom. The lowest BCUT2D eigenvalue weighted by Gasteiger charge is -2.35. The Hall–Kier alpha value is -0.240. The van der Waals surface area contributed by atoms with Crippen LogP contribution in [0.4, 0.5) is 0 Å². The molecule has 4 atom stereocenters. The second-order valence-corrected chi connectivity index (χ2v) is 4.81. The van der Waals surface area contributed by atoms with E-state index in [0.29, 0.717) is 13.2 Å². The number of hydrogen-bond acceptors (Lipinski definition) is 6. The fourth-order valence-electron chi connectivity index (χ4n) is 2.18. The van der Waals surface area contributed by atoms with E-state index in [1.807, 2.05) is 13.8 Å². The van der Waals surface area contributed by atoms with Crippen molar-refractivity contribution in [3.8, 4) is 0 Å². The summed E-state index contributed by atoms with van der Waals surface area (Å²) in [5.41, 5.74) is 0. The van der Waals surface area contributed by atoms with E-state index in [-0.39, 0.29) is 30.5 Å². The largest absolute Gasteiger partial charge is 0.382 e. The van der Waals surface area contributed by atoms with Gasteiger partial charge in [0.2, 0.25) is 0 Å². The molecule has 0 radical (unpaired) electrons. The third kappa shape index (κ3) is 6.47. The van der Waals surface area contributed by atoms with Crippen LogP contribution in [0.1, 0.15) is 13.8 Å². The average Bonchev–Trinajstić information content (AvgIpc) is 2.41. The van der Waals surface area contributed by atoms with Gasteiger partial charge < -0.3 is 28.4 Å². The molecule has 122 valence electrons. The smallest absolute Gasteiger partial charge is 0.114 e. The molecule has 0 rings (SSSR count). The van der Waals surface area contributed by atoms with Crippen molar-refractivity contribution in [1.82, 2.24) is 0 Å². The van der Waals surface area contributed by atoms with Crippen LogP contribution in [0.5, 0.6) is 0 Å². The Kier molecular flexibility index (Phi) is 11.3. The van der Waals surface area contributed by atoms with Crippen LogP contribution < -0.4 is 0 Å². The predicted molar refractivity (Wildman–Crippen MR) is 76.2 cm³/mol. The lowest BCUT2D eigenvalue weighted by Crippen LogP contribution is -2.51. The topological polar surface area (TPSA) is 55.4 Å². The molecule has 0 aliphatic heterocycles. The van der Waals surface area contributed by atoms with Gasteiger partial charge in [-0.1, -0.05) is 0 Å².